The maximum atomic E-state index is 6.26. The smallest absolute Gasteiger partial charge is 0.160 e. The molecule has 12 aromatic rings. The van der Waals surface area contributed by atoms with Gasteiger partial charge in [-0.25, -0.2) is 14.5 Å². The maximum absolute atomic E-state index is 6.26. The highest BCUT2D eigenvalue weighted by Crippen LogP contribution is 2.42. The van der Waals surface area contributed by atoms with Gasteiger partial charge in [0.15, 0.2) is 5.82 Å². The summed E-state index contributed by atoms with van der Waals surface area (Å²) in [4.78, 5) is 10.5. The molecule has 0 saturated heterocycles. The van der Waals surface area contributed by atoms with Crippen LogP contribution in [0.15, 0.2) is 223 Å². The molecule has 5 nitrogen and oxygen atoms in total. The number of hydrogen-bond acceptors (Lipinski definition) is 4. The van der Waals surface area contributed by atoms with Gasteiger partial charge in [0, 0.05) is 49.5 Å². The van der Waals surface area contributed by atoms with E-state index in [9.17, 15) is 0 Å². The minimum Gasteiger partial charge on any atom is -0.456 e. The van der Waals surface area contributed by atoms with Crippen LogP contribution < -0.4 is 0 Å². The summed E-state index contributed by atoms with van der Waals surface area (Å²) < 4.78 is 8.40. The van der Waals surface area contributed by atoms with Crippen molar-refractivity contribution in [2.75, 3.05) is 0 Å². The summed E-state index contributed by atoms with van der Waals surface area (Å²) in [5.41, 5.74) is 15.8. The maximum Gasteiger partial charge on any atom is 0.160 e. The number of pyridine rings is 1. The zero-order valence-electron chi connectivity index (χ0n) is 33.5. The van der Waals surface area contributed by atoms with E-state index in [4.69, 9.17) is 19.5 Å². The number of benzene rings is 8. The lowest BCUT2D eigenvalue weighted by atomic mass is 9.96. The minimum atomic E-state index is 0.651. The van der Waals surface area contributed by atoms with Gasteiger partial charge >= 0.3 is 0 Å². The van der Waals surface area contributed by atoms with Crippen LogP contribution in [0.25, 0.3) is 117 Å². The van der Waals surface area contributed by atoms with E-state index in [-0.39, 0.29) is 0 Å². The van der Waals surface area contributed by atoms with Gasteiger partial charge in [-0.05, 0) is 64.5 Å². The number of para-hydroxylation sites is 1. The van der Waals surface area contributed by atoms with E-state index in [1.165, 1.54) is 0 Å². The van der Waals surface area contributed by atoms with E-state index < -0.39 is 0 Å². The van der Waals surface area contributed by atoms with Gasteiger partial charge in [-0.3, -0.25) is 0 Å². The molecular weight excluding hydrogens is 757 g/mol. The molecule has 290 valence electrons. The molecular formula is C57H36N4O. The largest absolute Gasteiger partial charge is 0.456 e. The molecule has 0 N–H and O–H groups in total. The summed E-state index contributed by atoms with van der Waals surface area (Å²) in [6, 6.07) is 76.1. The SMILES string of the molecule is c1ccc(-c2cc(-c3cccc(-c4cc5ccccc5c5c(-c6ccccc6)c(-c6ccccc6)nn45)c3)nc(-c3cccc(-c4ccc5c(c4)oc4ccccc45)c3)n2)cc1. The second kappa shape index (κ2) is 14.7. The predicted molar refractivity (Wildman–Crippen MR) is 254 cm³/mol. The van der Waals surface area contributed by atoms with E-state index in [2.05, 4.69) is 199 Å². The van der Waals surface area contributed by atoms with Gasteiger partial charge in [0.2, 0.25) is 0 Å². The zero-order chi connectivity index (χ0) is 41.0. The Labute approximate surface area is 357 Å². The molecule has 0 aliphatic heterocycles. The van der Waals surface area contributed by atoms with Gasteiger partial charge < -0.3 is 4.42 Å². The first-order valence-electron chi connectivity index (χ1n) is 20.8. The first-order chi connectivity index (χ1) is 30.7. The molecule has 62 heavy (non-hydrogen) atoms. The number of rotatable bonds is 7. The Kier molecular flexibility index (Phi) is 8.42. The van der Waals surface area contributed by atoms with Crippen molar-refractivity contribution in [1.29, 1.82) is 0 Å². The third-order valence-corrected chi connectivity index (χ3v) is 11.8. The van der Waals surface area contributed by atoms with Gasteiger partial charge in [-0.15, -0.1) is 0 Å². The Bertz CT molecular complexity index is 3630. The highest BCUT2D eigenvalue weighted by molar-refractivity contribution is 6.09. The average molecular weight is 793 g/mol. The van der Waals surface area contributed by atoms with Crippen LogP contribution in [0.1, 0.15) is 0 Å². The average Bonchev–Trinajstić information content (AvgIpc) is 3.94. The van der Waals surface area contributed by atoms with Gasteiger partial charge in [0.25, 0.3) is 0 Å². The Hall–Kier alpha value is -8.41. The molecule has 0 unspecified atom stereocenters. The lowest BCUT2D eigenvalue weighted by molar-refractivity contribution is 0.669. The lowest BCUT2D eigenvalue weighted by Gasteiger charge is -2.13. The molecule has 0 bridgehead atoms. The summed E-state index contributed by atoms with van der Waals surface area (Å²) in [7, 11) is 0. The van der Waals surface area contributed by atoms with Crippen molar-refractivity contribution in [2.24, 2.45) is 0 Å². The number of aromatic nitrogens is 4. The van der Waals surface area contributed by atoms with Crippen molar-refractivity contribution in [3.63, 3.8) is 0 Å². The van der Waals surface area contributed by atoms with Gasteiger partial charge in [0.1, 0.15) is 16.9 Å². The first-order valence-corrected chi connectivity index (χ1v) is 20.8. The minimum absolute atomic E-state index is 0.651. The normalized spacial score (nSPS) is 11.5. The molecule has 4 heterocycles. The Balaban J connectivity index is 1.02. The van der Waals surface area contributed by atoms with Crippen molar-refractivity contribution in [3.8, 4) is 78.7 Å². The Morgan fingerprint density at radius 3 is 1.71 bits per heavy atom. The molecule has 0 aliphatic rings. The van der Waals surface area contributed by atoms with Crippen LogP contribution in [0.4, 0.5) is 0 Å². The highest BCUT2D eigenvalue weighted by Gasteiger charge is 2.22. The fourth-order valence-electron chi connectivity index (χ4n) is 8.83. The number of furan rings is 1. The molecule has 0 spiro atoms. The molecule has 0 radical (unpaired) electrons. The summed E-state index contributed by atoms with van der Waals surface area (Å²) >= 11 is 0. The third-order valence-electron chi connectivity index (χ3n) is 11.8. The van der Waals surface area contributed by atoms with Gasteiger partial charge in [-0.2, -0.15) is 5.10 Å². The molecule has 0 atom stereocenters. The topological polar surface area (TPSA) is 56.2 Å². The monoisotopic (exact) mass is 792 g/mol. The summed E-state index contributed by atoms with van der Waals surface area (Å²) in [6.07, 6.45) is 0. The third kappa shape index (κ3) is 6.14. The molecule has 5 heteroatoms. The molecule has 12 rings (SSSR count). The van der Waals surface area contributed by atoms with Crippen LogP contribution in [-0.2, 0) is 0 Å². The molecule has 0 fully saturated rings. The second-order valence-electron chi connectivity index (χ2n) is 15.6. The lowest BCUT2D eigenvalue weighted by Crippen LogP contribution is -1.98. The molecule has 4 aromatic heterocycles. The predicted octanol–water partition coefficient (Wildman–Crippen LogP) is 14.8. The van der Waals surface area contributed by atoms with Crippen LogP contribution in [0.5, 0.6) is 0 Å². The van der Waals surface area contributed by atoms with Crippen LogP contribution in [0.2, 0.25) is 0 Å². The van der Waals surface area contributed by atoms with Crippen LogP contribution in [0.3, 0.4) is 0 Å². The fraction of sp³-hybridized carbons (Fsp3) is 0. The second-order valence-corrected chi connectivity index (χ2v) is 15.6. The quantitative estimate of drug-likeness (QED) is 0.161. The zero-order valence-corrected chi connectivity index (χ0v) is 33.5. The first kappa shape index (κ1) is 35.5. The fourth-order valence-corrected chi connectivity index (χ4v) is 8.83. The van der Waals surface area contributed by atoms with E-state index >= 15 is 0 Å². The highest BCUT2D eigenvalue weighted by atomic mass is 16.3. The standard InChI is InChI=1S/C57H36N4O/c1-4-16-37(17-5-1)49-36-50(59-57(58-49)45-26-14-23-40(32-45)41-30-31-48-47-28-12-13-29-52(47)62-53(48)35-41)43-24-15-25-44(33-43)51-34-42-22-10-11-27-46(42)56-54(38-18-6-2-7-19-38)55(60-61(51)56)39-20-8-3-9-21-39/h1-36H. The Morgan fingerprint density at radius 2 is 0.919 bits per heavy atom. The van der Waals surface area contributed by atoms with E-state index in [0.29, 0.717) is 5.82 Å². The van der Waals surface area contributed by atoms with Crippen LogP contribution in [0, 0.1) is 0 Å². The summed E-state index contributed by atoms with van der Waals surface area (Å²) in [6.45, 7) is 0. The van der Waals surface area contributed by atoms with Crippen molar-refractivity contribution >= 4 is 38.2 Å². The molecule has 8 aromatic carbocycles. The Morgan fingerprint density at radius 1 is 0.355 bits per heavy atom. The molecule has 0 amide bonds. The van der Waals surface area contributed by atoms with Crippen molar-refractivity contribution in [3.05, 3.63) is 218 Å². The molecule has 0 aliphatic carbocycles. The van der Waals surface area contributed by atoms with Crippen molar-refractivity contribution in [2.45, 2.75) is 0 Å². The van der Waals surface area contributed by atoms with Crippen molar-refractivity contribution in [1.82, 2.24) is 19.6 Å². The summed E-state index contributed by atoms with van der Waals surface area (Å²) in [5.74, 6) is 0.651. The van der Waals surface area contributed by atoms with E-state index in [0.717, 1.165) is 111 Å². The van der Waals surface area contributed by atoms with Gasteiger partial charge in [0.05, 0.1) is 22.6 Å². The van der Waals surface area contributed by atoms with E-state index in [1.54, 1.807) is 0 Å². The number of hydrogen-bond donors (Lipinski definition) is 0. The van der Waals surface area contributed by atoms with Gasteiger partial charge in [-0.1, -0.05) is 176 Å². The number of fused-ring (bicyclic) bond motifs is 6. The van der Waals surface area contributed by atoms with E-state index in [1.807, 2.05) is 24.3 Å². The number of nitrogens with zero attached hydrogens (tertiary/aromatic N) is 4. The van der Waals surface area contributed by atoms with Crippen LogP contribution >= 0.6 is 0 Å². The summed E-state index contributed by atoms with van der Waals surface area (Å²) in [5, 5.41) is 9.96. The van der Waals surface area contributed by atoms with Crippen LogP contribution in [-0.4, -0.2) is 19.6 Å². The molecule has 0 saturated carbocycles. The van der Waals surface area contributed by atoms with Crippen molar-refractivity contribution < 1.29 is 4.42 Å².